The van der Waals surface area contributed by atoms with Gasteiger partial charge >= 0.3 is 0 Å². The maximum absolute atomic E-state index is 12.8. The molecule has 4 aromatic rings. The minimum absolute atomic E-state index is 0.125. The van der Waals surface area contributed by atoms with Crippen LogP contribution in [0.1, 0.15) is 13.3 Å². The predicted octanol–water partition coefficient (Wildman–Crippen LogP) is 3.01. The number of hydrogen-bond donors (Lipinski definition) is 1. The number of aromatic nitrogens is 4. The first kappa shape index (κ1) is 19.4. The van der Waals surface area contributed by atoms with Crippen LogP contribution >= 0.6 is 0 Å². The topological polar surface area (TPSA) is 91.0 Å². The number of para-hydroxylation sites is 3. The highest BCUT2D eigenvalue weighted by atomic mass is 16.5. The number of ether oxygens (including phenoxy) is 1. The van der Waals surface area contributed by atoms with Gasteiger partial charge < -0.3 is 10.1 Å². The Bertz CT molecular complexity index is 1230. The van der Waals surface area contributed by atoms with Crippen molar-refractivity contribution in [2.24, 2.45) is 0 Å². The molecule has 0 aliphatic rings. The van der Waals surface area contributed by atoms with Crippen LogP contribution in [0.15, 0.2) is 71.9 Å². The normalized spacial score (nSPS) is 10.8. The second-order valence-corrected chi connectivity index (χ2v) is 6.60. The lowest BCUT2D eigenvalue weighted by Gasteiger charge is -2.11. The summed E-state index contributed by atoms with van der Waals surface area (Å²) in [4.78, 5) is 29.6. The van der Waals surface area contributed by atoms with Crippen LogP contribution in [0.25, 0.3) is 16.7 Å². The number of amides is 1. The van der Waals surface area contributed by atoms with Gasteiger partial charge in [0.05, 0.1) is 30.5 Å². The predicted molar refractivity (Wildman–Crippen MR) is 114 cm³/mol. The number of nitrogens with one attached hydrogen (secondary N) is 1. The Morgan fingerprint density at radius 1 is 1.10 bits per heavy atom. The quantitative estimate of drug-likeness (QED) is 0.512. The van der Waals surface area contributed by atoms with E-state index in [-0.39, 0.29) is 24.4 Å². The maximum atomic E-state index is 12.8. The molecule has 4 rings (SSSR count). The van der Waals surface area contributed by atoms with Gasteiger partial charge in [0.2, 0.25) is 5.91 Å². The molecule has 1 N–H and O–H groups in total. The third kappa shape index (κ3) is 3.93. The van der Waals surface area contributed by atoms with Crippen molar-refractivity contribution in [3.63, 3.8) is 0 Å². The van der Waals surface area contributed by atoms with Gasteiger partial charge in [-0.3, -0.25) is 14.2 Å². The van der Waals surface area contributed by atoms with Gasteiger partial charge in [0.25, 0.3) is 5.56 Å². The maximum Gasteiger partial charge on any atom is 0.264 e. The van der Waals surface area contributed by atoms with E-state index < -0.39 is 0 Å². The number of aryl methyl sites for hydroxylation is 1. The molecule has 152 valence electrons. The molecule has 0 aliphatic carbocycles. The second kappa shape index (κ2) is 8.60. The molecule has 0 radical (unpaired) electrons. The van der Waals surface area contributed by atoms with E-state index in [4.69, 9.17) is 4.74 Å². The number of rotatable bonds is 7. The van der Waals surface area contributed by atoms with Gasteiger partial charge in [0.15, 0.2) is 5.65 Å². The van der Waals surface area contributed by atoms with Gasteiger partial charge in [0, 0.05) is 13.0 Å². The van der Waals surface area contributed by atoms with E-state index in [0.29, 0.717) is 29.1 Å². The minimum atomic E-state index is -0.232. The smallest absolute Gasteiger partial charge is 0.264 e. The third-order valence-electron chi connectivity index (χ3n) is 4.60. The summed E-state index contributed by atoms with van der Waals surface area (Å²) < 4.78 is 8.56. The Kier molecular flexibility index (Phi) is 5.56. The molecule has 30 heavy (non-hydrogen) atoms. The minimum Gasteiger partial charge on any atom is -0.492 e. The standard InChI is InChI=1S/C22H21N5O3/c1-2-30-19-11-7-6-10-18(19)25-20(28)12-13-26-15-23-21-17(22(26)29)14-24-27(21)16-8-4-3-5-9-16/h3-11,14-15H,2,12-13H2,1H3,(H,25,28). The summed E-state index contributed by atoms with van der Waals surface area (Å²) >= 11 is 0. The molecule has 0 saturated heterocycles. The Labute approximate surface area is 172 Å². The summed E-state index contributed by atoms with van der Waals surface area (Å²) in [7, 11) is 0. The lowest BCUT2D eigenvalue weighted by Crippen LogP contribution is -2.23. The van der Waals surface area contributed by atoms with Gasteiger partial charge in [-0.05, 0) is 31.2 Å². The van der Waals surface area contributed by atoms with Crippen molar-refractivity contribution in [3.8, 4) is 11.4 Å². The molecule has 0 saturated carbocycles. The summed E-state index contributed by atoms with van der Waals surface area (Å²) in [5.41, 5.74) is 1.68. The van der Waals surface area contributed by atoms with Gasteiger partial charge in [0.1, 0.15) is 11.1 Å². The van der Waals surface area contributed by atoms with Crippen LogP contribution in [-0.4, -0.2) is 31.8 Å². The first-order valence-corrected chi connectivity index (χ1v) is 9.67. The summed E-state index contributed by atoms with van der Waals surface area (Å²) in [5.74, 6) is 0.399. The van der Waals surface area contributed by atoms with Crippen molar-refractivity contribution < 1.29 is 9.53 Å². The molecule has 0 fully saturated rings. The average molecular weight is 403 g/mol. The van der Waals surface area contributed by atoms with Gasteiger partial charge in [-0.2, -0.15) is 5.10 Å². The average Bonchev–Trinajstić information content (AvgIpc) is 3.20. The number of benzene rings is 2. The SMILES string of the molecule is CCOc1ccccc1NC(=O)CCn1cnc2c(cnn2-c2ccccc2)c1=O. The highest BCUT2D eigenvalue weighted by Crippen LogP contribution is 2.23. The van der Waals surface area contributed by atoms with Gasteiger partial charge in [-0.15, -0.1) is 0 Å². The van der Waals surface area contributed by atoms with Crippen molar-refractivity contribution in [2.45, 2.75) is 19.9 Å². The van der Waals surface area contributed by atoms with Crippen LogP contribution in [0.2, 0.25) is 0 Å². The number of nitrogens with zero attached hydrogens (tertiary/aromatic N) is 4. The summed E-state index contributed by atoms with van der Waals surface area (Å²) in [6.45, 7) is 2.60. The molecule has 0 unspecified atom stereocenters. The van der Waals surface area contributed by atoms with E-state index in [1.165, 1.54) is 17.1 Å². The molecule has 1 amide bonds. The summed E-state index contributed by atoms with van der Waals surface area (Å²) in [5, 5.41) is 7.53. The Morgan fingerprint density at radius 2 is 1.87 bits per heavy atom. The molecule has 0 bridgehead atoms. The van der Waals surface area contributed by atoms with Crippen LogP contribution in [0, 0.1) is 0 Å². The number of hydrogen-bond acceptors (Lipinski definition) is 5. The zero-order valence-electron chi connectivity index (χ0n) is 16.5. The summed E-state index contributed by atoms with van der Waals surface area (Å²) in [6.07, 6.45) is 3.08. The number of anilines is 1. The number of carbonyl (C=O) groups is 1. The molecule has 0 atom stereocenters. The molecule has 0 spiro atoms. The van der Waals surface area contributed by atoms with Crippen LogP contribution in [0.4, 0.5) is 5.69 Å². The van der Waals surface area contributed by atoms with Crippen molar-refractivity contribution >= 4 is 22.6 Å². The molecule has 8 nitrogen and oxygen atoms in total. The van der Waals surface area contributed by atoms with Crippen molar-refractivity contribution in [3.05, 3.63) is 77.5 Å². The van der Waals surface area contributed by atoms with Crippen molar-refractivity contribution in [1.82, 2.24) is 19.3 Å². The zero-order chi connectivity index (χ0) is 20.9. The largest absolute Gasteiger partial charge is 0.492 e. The zero-order valence-corrected chi connectivity index (χ0v) is 16.5. The van der Waals surface area contributed by atoms with E-state index in [1.807, 2.05) is 49.4 Å². The molecule has 2 aromatic carbocycles. The van der Waals surface area contributed by atoms with Crippen LogP contribution in [-0.2, 0) is 11.3 Å². The van der Waals surface area contributed by atoms with Crippen molar-refractivity contribution in [1.29, 1.82) is 0 Å². The van der Waals surface area contributed by atoms with Crippen LogP contribution < -0.4 is 15.6 Å². The third-order valence-corrected chi connectivity index (χ3v) is 4.60. The highest BCUT2D eigenvalue weighted by Gasteiger charge is 2.13. The molecule has 0 aliphatic heterocycles. The van der Waals surface area contributed by atoms with E-state index in [2.05, 4.69) is 15.4 Å². The lowest BCUT2D eigenvalue weighted by atomic mass is 10.2. The number of carbonyl (C=O) groups excluding carboxylic acids is 1. The Hall–Kier alpha value is -3.94. The molecule has 2 heterocycles. The first-order chi connectivity index (χ1) is 14.7. The van der Waals surface area contributed by atoms with E-state index in [0.717, 1.165) is 5.69 Å². The highest BCUT2D eigenvalue weighted by molar-refractivity contribution is 5.92. The second-order valence-electron chi connectivity index (χ2n) is 6.60. The first-order valence-electron chi connectivity index (χ1n) is 9.67. The molecule has 2 aromatic heterocycles. The lowest BCUT2D eigenvalue weighted by molar-refractivity contribution is -0.116. The fraction of sp³-hybridized carbons (Fsp3) is 0.182. The summed E-state index contributed by atoms with van der Waals surface area (Å²) in [6, 6.07) is 16.7. The molecular formula is C22H21N5O3. The van der Waals surface area contributed by atoms with Crippen LogP contribution in [0.5, 0.6) is 5.75 Å². The van der Waals surface area contributed by atoms with Gasteiger partial charge in [-0.1, -0.05) is 30.3 Å². The Morgan fingerprint density at radius 3 is 2.67 bits per heavy atom. The van der Waals surface area contributed by atoms with E-state index in [1.54, 1.807) is 16.8 Å². The fourth-order valence-electron chi connectivity index (χ4n) is 3.15. The van der Waals surface area contributed by atoms with Gasteiger partial charge in [-0.25, -0.2) is 9.67 Å². The molecule has 8 heteroatoms. The number of fused-ring (bicyclic) bond motifs is 1. The van der Waals surface area contributed by atoms with E-state index >= 15 is 0 Å². The van der Waals surface area contributed by atoms with Crippen molar-refractivity contribution in [2.75, 3.05) is 11.9 Å². The monoisotopic (exact) mass is 403 g/mol. The molecular weight excluding hydrogens is 382 g/mol. The fourth-order valence-corrected chi connectivity index (χ4v) is 3.15. The van der Waals surface area contributed by atoms with Crippen LogP contribution in [0.3, 0.4) is 0 Å². The Balaban J connectivity index is 1.49. The van der Waals surface area contributed by atoms with E-state index in [9.17, 15) is 9.59 Å².